The number of benzene rings is 1. The number of hydrogen-bond donors (Lipinski definition) is 1. The van der Waals surface area contributed by atoms with Gasteiger partial charge in [-0.2, -0.15) is 0 Å². The summed E-state index contributed by atoms with van der Waals surface area (Å²) in [6, 6.07) is 6.93. The largest absolute Gasteiger partial charge is 0.481 e. The smallest absolute Gasteiger partial charge is 0.304 e. The van der Waals surface area contributed by atoms with Crippen LogP contribution in [-0.2, 0) is 4.79 Å². The molecular weight excluding hydrogens is 262 g/mol. The Morgan fingerprint density at radius 1 is 1.21 bits per heavy atom. The number of aliphatic carboxylic acids is 1. The first kappa shape index (κ1) is 15.3. The second-order valence-electron chi connectivity index (χ2n) is 4.64. The van der Waals surface area contributed by atoms with Gasteiger partial charge < -0.3 is 10.0 Å². The Kier molecular flexibility index (Phi) is 5.18. The maximum absolute atomic E-state index is 12.0. The molecule has 0 radical (unpaired) electrons. The number of Topliss-reactive ketones (excluding diaryl/α,β-unsaturated/α-hetero) is 1. The van der Waals surface area contributed by atoms with Crippen LogP contribution in [0.2, 0.25) is 0 Å². The molecule has 0 saturated heterocycles. The minimum absolute atomic E-state index is 0.156. The Hall–Kier alpha value is -1.75. The number of rotatable bonds is 5. The summed E-state index contributed by atoms with van der Waals surface area (Å²) >= 11 is 5.23. The summed E-state index contributed by atoms with van der Waals surface area (Å²) in [5.41, 5.74) is 1.38. The van der Waals surface area contributed by atoms with Gasteiger partial charge in [-0.15, -0.1) is 0 Å². The highest BCUT2D eigenvalue weighted by Gasteiger charge is 2.18. The topological polar surface area (TPSA) is 57.6 Å². The second kappa shape index (κ2) is 6.43. The predicted molar refractivity (Wildman–Crippen MR) is 77.6 cm³/mol. The molecule has 0 fully saturated rings. The molecule has 0 spiro atoms. The van der Waals surface area contributed by atoms with Gasteiger partial charge in [0.2, 0.25) is 0 Å². The second-order valence-corrected chi connectivity index (χ2v) is 5.03. The molecule has 0 aromatic heterocycles. The maximum Gasteiger partial charge on any atom is 0.304 e. The van der Waals surface area contributed by atoms with E-state index in [2.05, 4.69) is 0 Å². The zero-order chi connectivity index (χ0) is 14.6. The van der Waals surface area contributed by atoms with E-state index in [1.807, 2.05) is 19.0 Å². The van der Waals surface area contributed by atoms with Crippen LogP contribution >= 0.6 is 12.2 Å². The average molecular weight is 279 g/mol. The van der Waals surface area contributed by atoms with Crippen molar-refractivity contribution in [2.45, 2.75) is 13.3 Å². The van der Waals surface area contributed by atoms with Crippen LogP contribution in [0.15, 0.2) is 24.3 Å². The van der Waals surface area contributed by atoms with Crippen molar-refractivity contribution in [3.05, 3.63) is 35.4 Å². The average Bonchev–Trinajstić information content (AvgIpc) is 2.36. The van der Waals surface area contributed by atoms with Gasteiger partial charge >= 0.3 is 5.97 Å². The highest BCUT2D eigenvalue weighted by Crippen LogP contribution is 2.14. The molecule has 0 amide bonds. The lowest BCUT2D eigenvalue weighted by Gasteiger charge is -2.14. The van der Waals surface area contributed by atoms with Crippen LogP contribution in [0.1, 0.15) is 29.3 Å². The molecule has 1 atom stereocenters. The van der Waals surface area contributed by atoms with E-state index in [0.29, 0.717) is 10.6 Å². The number of carbonyl (C=O) groups excluding carboxylic acids is 1. The monoisotopic (exact) mass is 279 g/mol. The molecule has 0 heterocycles. The third kappa shape index (κ3) is 4.13. The molecule has 0 aliphatic rings. The van der Waals surface area contributed by atoms with Gasteiger partial charge in [-0.3, -0.25) is 9.59 Å². The number of carboxylic acids is 1. The lowest BCUT2D eigenvalue weighted by atomic mass is 9.96. The summed E-state index contributed by atoms with van der Waals surface area (Å²) in [4.78, 5) is 25.1. The van der Waals surface area contributed by atoms with E-state index in [4.69, 9.17) is 17.3 Å². The molecule has 0 aliphatic carbocycles. The SMILES string of the molecule is CC(CC(=O)O)C(=O)c1ccc(C(=S)N(C)C)cc1. The number of hydrogen-bond acceptors (Lipinski definition) is 3. The van der Waals surface area contributed by atoms with Crippen molar-refractivity contribution in [1.29, 1.82) is 0 Å². The molecule has 5 heteroatoms. The Morgan fingerprint density at radius 2 is 1.68 bits per heavy atom. The van der Waals surface area contributed by atoms with Crippen molar-refractivity contribution in [2.75, 3.05) is 14.1 Å². The van der Waals surface area contributed by atoms with E-state index >= 15 is 0 Å². The zero-order valence-corrected chi connectivity index (χ0v) is 12.0. The summed E-state index contributed by atoms with van der Waals surface area (Å²) < 4.78 is 0. The van der Waals surface area contributed by atoms with Crippen LogP contribution in [0, 0.1) is 5.92 Å². The normalized spacial score (nSPS) is 11.7. The van der Waals surface area contributed by atoms with Gasteiger partial charge in [0.1, 0.15) is 4.99 Å². The molecule has 0 aliphatic heterocycles. The van der Waals surface area contributed by atoms with E-state index in [9.17, 15) is 9.59 Å². The first-order chi connectivity index (χ1) is 8.82. The number of ketones is 1. The number of carboxylic acid groups (broad SMARTS) is 1. The number of carbonyl (C=O) groups is 2. The number of nitrogens with zero attached hydrogens (tertiary/aromatic N) is 1. The summed E-state index contributed by atoms with van der Waals surface area (Å²) in [7, 11) is 3.71. The fraction of sp³-hybridized carbons (Fsp3) is 0.357. The molecule has 1 aromatic carbocycles. The third-order valence-corrected chi connectivity index (χ3v) is 3.35. The van der Waals surface area contributed by atoms with Crippen molar-refractivity contribution in [1.82, 2.24) is 4.90 Å². The van der Waals surface area contributed by atoms with E-state index in [1.54, 1.807) is 31.2 Å². The Labute approximate surface area is 118 Å². The Balaban J connectivity index is 2.84. The first-order valence-corrected chi connectivity index (χ1v) is 6.31. The minimum atomic E-state index is -0.966. The molecule has 1 aromatic rings. The minimum Gasteiger partial charge on any atom is -0.481 e. The molecule has 102 valence electrons. The van der Waals surface area contributed by atoms with Crippen molar-refractivity contribution >= 4 is 29.0 Å². The lowest BCUT2D eigenvalue weighted by Crippen LogP contribution is -2.20. The summed E-state index contributed by atoms with van der Waals surface area (Å²) in [6.07, 6.45) is -0.156. The van der Waals surface area contributed by atoms with E-state index in [0.717, 1.165) is 5.56 Å². The first-order valence-electron chi connectivity index (χ1n) is 5.90. The van der Waals surface area contributed by atoms with Gasteiger partial charge in [0, 0.05) is 31.1 Å². The molecular formula is C14H17NO3S. The highest BCUT2D eigenvalue weighted by atomic mass is 32.1. The Bertz CT molecular complexity index is 494. The van der Waals surface area contributed by atoms with Crippen LogP contribution in [-0.4, -0.2) is 40.8 Å². The fourth-order valence-electron chi connectivity index (χ4n) is 1.67. The molecule has 0 saturated carbocycles. The highest BCUT2D eigenvalue weighted by molar-refractivity contribution is 7.80. The van der Waals surface area contributed by atoms with Crippen molar-refractivity contribution in [3.8, 4) is 0 Å². The predicted octanol–water partition coefficient (Wildman–Crippen LogP) is 2.22. The summed E-state index contributed by atoms with van der Waals surface area (Å²) in [5, 5.41) is 8.68. The third-order valence-electron chi connectivity index (χ3n) is 2.75. The van der Waals surface area contributed by atoms with Crippen molar-refractivity contribution < 1.29 is 14.7 Å². The fourth-order valence-corrected chi connectivity index (χ4v) is 1.81. The van der Waals surface area contributed by atoms with E-state index < -0.39 is 11.9 Å². The van der Waals surface area contributed by atoms with Crippen LogP contribution < -0.4 is 0 Å². The Morgan fingerprint density at radius 3 is 2.11 bits per heavy atom. The number of thiocarbonyl (C=S) groups is 1. The van der Waals surface area contributed by atoms with E-state index in [-0.39, 0.29) is 12.2 Å². The van der Waals surface area contributed by atoms with Crippen LogP contribution in [0.25, 0.3) is 0 Å². The molecule has 4 nitrogen and oxygen atoms in total. The quantitative estimate of drug-likeness (QED) is 0.661. The van der Waals surface area contributed by atoms with Gasteiger partial charge in [-0.05, 0) is 0 Å². The molecule has 0 bridgehead atoms. The molecule has 19 heavy (non-hydrogen) atoms. The van der Waals surface area contributed by atoms with E-state index in [1.165, 1.54) is 0 Å². The lowest BCUT2D eigenvalue weighted by molar-refractivity contribution is -0.137. The maximum atomic E-state index is 12.0. The van der Waals surface area contributed by atoms with Gasteiger partial charge in [0.25, 0.3) is 0 Å². The van der Waals surface area contributed by atoms with Crippen molar-refractivity contribution in [2.24, 2.45) is 5.92 Å². The standard InChI is InChI=1S/C14H17NO3S/c1-9(8-12(16)17)13(18)10-4-6-11(7-5-10)14(19)15(2)3/h4-7,9H,8H2,1-3H3,(H,16,17). The molecule has 1 unspecified atom stereocenters. The van der Waals surface area contributed by atoms with Gasteiger partial charge in [-0.1, -0.05) is 43.4 Å². The summed E-state index contributed by atoms with van der Waals surface area (Å²) in [6.45, 7) is 1.62. The van der Waals surface area contributed by atoms with Gasteiger partial charge in [-0.25, -0.2) is 0 Å². The van der Waals surface area contributed by atoms with Crippen LogP contribution in [0.3, 0.4) is 0 Å². The zero-order valence-electron chi connectivity index (χ0n) is 11.2. The van der Waals surface area contributed by atoms with Crippen molar-refractivity contribution in [3.63, 3.8) is 0 Å². The van der Waals surface area contributed by atoms with Gasteiger partial charge in [0.05, 0.1) is 6.42 Å². The van der Waals surface area contributed by atoms with Crippen LogP contribution in [0.4, 0.5) is 0 Å². The molecule has 1 rings (SSSR count). The molecule has 1 N–H and O–H groups in total. The summed E-state index contributed by atoms with van der Waals surface area (Å²) in [5.74, 6) is -1.65. The van der Waals surface area contributed by atoms with Crippen LogP contribution in [0.5, 0.6) is 0 Å². The van der Waals surface area contributed by atoms with Gasteiger partial charge in [0.15, 0.2) is 5.78 Å².